The Morgan fingerprint density at radius 3 is 1.91 bits per heavy atom. The van der Waals surface area contributed by atoms with Crippen LogP contribution in [0.3, 0.4) is 0 Å². The van der Waals surface area contributed by atoms with E-state index in [-0.39, 0.29) is 25.0 Å². The number of carbonyl (C=O) groups excluding carboxylic acids is 3. The van der Waals surface area contributed by atoms with Gasteiger partial charge in [-0.05, 0) is 29.9 Å². The van der Waals surface area contributed by atoms with Crippen molar-refractivity contribution in [2.24, 2.45) is 11.8 Å². The van der Waals surface area contributed by atoms with Gasteiger partial charge in [-0.2, -0.15) is 0 Å². The lowest BCUT2D eigenvalue weighted by atomic mass is 9.80. The molecule has 0 N–H and O–H groups in total. The summed E-state index contributed by atoms with van der Waals surface area (Å²) in [6.07, 6.45) is -9.32. The maximum Gasteiger partial charge on any atom is 0.303 e. The van der Waals surface area contributed by atoms with Gasteiger partial charge in [0.15, 0.2) is 30.5 Å². The Morgan fingerprint density at radius 1 is 0.766 bits per heavy atom. The van der Waals surface area contributed by atoms with Crippen molar-refractivity contribution in [1.82, 2.24) is 0 Å². The monoisotopic (exact) mass is 660 g/mol. The van der Waals surface area contributed by atoms with Crippen LogP contribution in [-0.4, -0.2) is 79.9 Å². The summed E-state index contributed by atoms with van der Waals surface area (Å²) in [5.41, 5.74) is 1.92. The molecule has 2 aromatic carbocycles. The first-order valence-corrected chi connectivity index (χ1v) is 15.8. The van der Waals surface area contributed by atoms with E-state index in [0.717, 1.165) is 25.0 Å². The highest BCUT2D eigenvalue weighted by Crippen LogP contribution is 2.43. The van der Waals surface area contributed by atoms with Crippen LogP contribution in [0, 0.1) is 11.8 Å². The lowest BCUT2D eigenvalue weighted by Gasteiger charge is -2.52. The number of carbonyl (C=O) groups is 3. The Kier molecular flexibility index (Phi) is 12.9. The average Bonchev–Trinajstić information content (AvgIpc) is 3.02. The smallest absolute Gasteiger partial charge is 0.303 e. The maximum absolute atomic E-state index is 16.4. The molecule has 2 aromatic rings. The number of rotatable bonds is 13. The second kappa shape index (κ2) is 16.6. The van der Waals surface area contributed by atoms with Gasteiger partial charge in [-0.1, -0.05) is 74.5 Å². The van der Waals surface area contributed by atoms with Crippen LogP contribution in [0.1, 0.15) is 52.7 Å². The Bertz CT molecular complexity index is 1310. The zero-order valence-electron chi connectivity index (χ0n) is 27.7. The first-order valence-electron chi connectivity index (χ1n) is 15.8. The minimum Gasteiger partial charge on any atom is -0.463 e. The molecule has 0 aliphatic carbocycles. The van der Waals surface area contributed by atoms with Crippen molar-refractivity contribution in [2.45, 2.75) is 104 Å². The molecule has 10 atom stereocenters. The fourth-order valence-electron chi connectivity index (χ4n) is 5.97. The molecule has 0 saturated carbocycles. The number of hydrogen-bond donors (Lipinski definition) is 0. The quantitative estimate of drug-likeness (QED) is 0.220. The molecule has 2 fully saturated rings. The third kappa shape index (κ3) is 9.80. The highest BCUT2D eigenvalue weighted by atomic mass is 19.1. The van der Waals surface area contributed by atoms with Crippen LogP contribution in [-0.2, 0) is 65.5 Å². The maximum atomic E-state index is 16.4. The van der Waals surface area contributed by atoms with E-state index < -0.39 is 73.3 Å². The molecule has 0 spiro atoms. The van der Waals surface area contributed by atoms with Gasteiger partial charge in [0.25, 0.3) is 0 Å². The van der Waals surface area contributed by atoms with Crippen molar-refractivity contribution in [1.29, 1.82) is 0 Å². The normalized spacial score (nSPS) is 32.3. The van der Waals surface area contributed by atoms with Gasteiger partial charge >= 0.3 is 17.9 Å². The van der Waals surface area contributed by atoms with Crippen molar-refractivity contribution in [3.05, 3.63) is 71.8 Å². The molecule has 4 rings (SSSR count). The molecule has 11 nitrogen and oxygen atoms in total. The van der Waals surface area contributed by atoms with E-state index in [2.05, 4.69) is 0 Å². The van der Waals surface area contributed by atoms with Gasteiger partial charge in [0, 0.05) is 20.8 Å². The van der Waals surface area contributed by atoms with Gasteiger partial charge in [-0.25, -0.2) is 4.39 Å². The van der Waals surface area contributed by atoms with Gasteiger partial charge in [-0.3, -0.25) is 14.4 Å². The van der Waals surface area contributed by atoms with Crippen molar-refractivity contribution in [2.75, 3.05) is 13.2 Å². The predicted octanol–water partition coefficient (Wildman–Crippen LogP) is 4.68. The van der Waals surface area contributed by atoms with E-state index in [0.29, 0.717) is 6.61 Å². The molecule has 2 saturated heterocycles. The van der Waals surface area contributed by atoms with Gasteiger partial charge in [0.2, 0.25) is 0 Å². The van der Waals surface area contributed by atoms with Gasteiger partial charge in [0.05, 0.1) is 25.9 Å². The van der Waals surface area contributed by atoms with E-state index in [9.17, 15) is 14.4 Å². The molecule has 0 amide bonds. The third-order valence-corrected chi connectivity index (χ3v) is 8.44. The summed E-state index contributed by atoms with van der Waals surface area (Å²) in [6.45, 7) is 9.48. The van der Waals surface area contributed by atoms with Crippen molar-refractivity contribution >= 4 is 17.9 Å². The van der Waals surface area contributed by atoms with Crippen LogP contribution >= 0.6 is 0 Å². The largest absolute Gasteiger partial charge is 0.463 e. The number of benzene rings is 2. The molecule has 2 heterocycles. The van der Waals surface area contributed by atoms with E-state index >= 15 is 4.39 Å². The zero-order valence-corrected chi connectivity index (χ0v) is 27.7. The molecular weight excluding hydrogens is 615 g/mol. The van der Waals surface area contributed by atoms with E-state index in [1.54, 1.807) is 6.92 Å². The Morgan fingerprint density at radius 2 is 1.34 bits per heavy atom. The summed E-state index contributed by atoms with van der Waals surface area (Å²) in [5, 5.41) is 0. The summed E-state index contributed by atoms with van der Waals surface area (Å²) in [5.74, 6) is -4.05. The van der Waals surface area contributed by atoms with Gasteiger partial charge in [0.1, 0.15) is 18.8 Å². The lowest BCUT2D eigenvalue weighted by molar-refractivity contribution is -0.410. The summed E-state index contributed by atoms with van der Waals surface area (Å²) in [4.78, 5) is 35.7. The average molecular weight is 661 g/mol. The van der Waals surface area contributed by atoms with Crippen LogP contribution in [0.4, 0.5) is 4.39 Å². The van der Waals surface area contributed by atoms with Crippen LogP contribution in [0.5, 0.6) is 0 Å². The number of halogens is 1. The number of ether oxygens (including phenoxy) is 8. The molecule has 258 valence electrons. The number of alkyl halides is 1. The fourth-order valence-corrected chi connectivity index (χ4v) is 5.97. The molecule has 0 bridgehead atoms. The molecule has 47 heavy (non-hydrogen) atoms. The molecular formula is C35H45FO11. The minimum atomic E-state index is -2.13. The summed E-state index contributed by atoms with van der Waals surface area (Å²) in [6, 6.07) is 19.3. The third-order valence-electron chi connectivity index (χ3n) is 8.44. The van der Waals surface area contributed by atoms with E-state index in [4.69, 9.17) is 37.9 Å². The number of hydrogen-bond acceptors (Lipinski definition) is 11. The molecule has 2 aliphatic heterocycles. The second-order valence-corrected chi connectivity index (χ2v) is 12.2. The first kappa shape index (κ1) is 36.4. The summed E-state index contributed by atoms with van der Waals surface area (Å²) in [7, 11) is 0. The van der Waals surface area contributed by atoms with Crippen molar-refractivity contribution in [3.8, 4) is 0 Å². The number of esters is 3. The van der Waals surface area contributed by atoms with E-state index in [1.807, 2.05) is 74.5 Å². The van der Waals surface area contributed by atoms with Crippen LogP contribution in [0.25, 0.3) is 0 Å². The van der Waals surface area contributed by atoms with Crippen LogP contribution < -0.4 is 0 Å². The molecule has 0 aromatic heterocycles. The van der Waals surface area contributed by atoms with Gasteiger partial charge in [-0.15, -0.1) is 0 Å². The van der Waals surface area contributed by atoms with Crippen molar-refractivity contribution < 1.29 is 56.7 Å². The SMILES string of the molecule is CC(=O)OCC1OC(OC2(C)OC(COCc3ccccc3)C(C)C(C)C2OCc2ccccc2)C(F)C(OC(C)=O)C1OC(C)=O. The minimum absolute atomic E-state index is 0.0597. The Labute approximate surface area is 274 Å². The Balaban J connectivity index is 1.62. The predicted molar refractivity (Wildman–Crippen MR) is 165 cm³/mol. The van der Waals surface area contributed by atoms with Crippen LogP contribution in [0.2, 0.25) is 0 Å². The first-order chi connectivity index (χ1) is 22.4. The Hall–Kier alpha value is -3.42. The molecule has 0 radical (unpaired) electrons. The fraction of sp³-hybridized carbons (Fsp3) is 0.571. The zero-order chi connectivity index (χ0) is 34.1. The lowest BCUT2D eigenvalue weighted by Crippen LogP contribution is -2.65. The molecule has 2 aliphatic rings. The topological polar surface area (TPSA) is 125 Å². The van der Waals surface area contributed by atoms with Crippen LogP contribution in [0.15, 0.2) is 60.7 Å². The van der Waals surface area contributed by atoms with Gasteiger partial charge < -0.3 is 37.9 Å². The molecule has 12 heteroatoms. The highest BCUT2D eigenvalue weighted by molar-refractivity contribution is 5.68. The summed E-state index contributed by atoms with van der Waals surface area (Å²) < 4.78 is 63.6. The van der Waals surface area contributed by atoms with Crippen molar-refractivity contribution in [3.63, 3.8) is 0 Å². The highest BCUT2D eigenvalue weighted by Gasteiger charge is 2.57. The molecule has 10 unspecified atom stereocenters. The second-order valence-electron chi connectivity index (χ2n) is 12.2. The summed E-state index contributed by atoms with van der Waals surface area (Å²) >= 11 is 0. The standard InChI is InChI=1S/C35H45FO11/c1-21-22(2)33(42-18-27-15-11-8-12-16-27)35(6,46-28(21)19-40-17-26-13-9-7-10-14-26)47-34-30(36)32(44-25(5)39)31(43-24(4)38)29(45-34)20-41-23(3)37/h7-16,21-22,28-34H,17-20H2,1-6H3. The van der Waals surface area contributed by atoms with E-state index in [1.165, 1.54) is 6.92 Å².